The molecule has 0 rings (SSSR count). The monoisotopic (exact) mass is 237 g/mol. The molecule has 0 N–H and O–H groups in total. The molecule has 0 aromatic rings. The molecule has 0 saturated carbocycles. The predicted molar refractivity (Wildman–Crippen MR) is 24.8 cm³/mol. The van der Waals surface area contributed by atoms with Crippen LogP contribution in [0.4, 0.5) is 0 Å². The standard InChI is InChI=1S/C5H11.Er/c1-4-5(2)3;/h5H,1,4H2,2-3H3;/q-1;. The normalized spacial score (nSPS) is 8.00. The Labute approximate surface area is 69.9 Å². The second-order valence-electron chi connectivity index (χ2n) is 1.68. The number of hydrogen-bond donors (Lipinski definition) is 0. The van der Waals surface area contributed by atoms with Gasteiger partial charge in [0, 0.05) is 37.3 Å². The Morgan fingerprint density at radius 1 is 1.50 bits per heavy atom. The zero-order valence-electron chi connectivity index (χ0n) is 4.28. The van der Waals surface area contributed by atoms with Crippen LogP contribution in [0, 0.1) is 50.1 Å². The first kappa shape index (κ1) is 10.3. The van der Waals surface area contributed by atoms with Crippen molar-refractivity contribution in [3.05, 3.63) is 6.92 Å². The van der Waals surface area contributed by atoms with E-state index in [1.54, 1.807) is 0 Å². The fourth-order valence-corrected chi connectivity index (χ4v) is 0. The molecule has 0 heterocycles. The summed E-state index contributed by atoms with van der Waals surface area (Å²) in [5.41, 5.74) is 0. The van der Waals surface area contributed by atoms with Crippen LogP contribution in [0.2, 0.25) is 0 Å². The first-order valence-electron chi connectivity index (χ1n) is 2.06. The Morgan fingerprint density at radius 3 is 1.67 bits per heavy atom. The molecule has 0 saturated heterocycles. The van der Waals surface area contributed by atoms with Crippen molar-refractivity contribution in [2.45, 2.75) is 20.3 Å². The van der Waals surface area contributed by atoms with E-state index in [1.807, 2.05) is 0 Å². The number of rotatable bonds is 1. The van der Waals surface area contributed by atoms with Crippen LogP contribution >= 0.6 is 0 Å². The maximum Gasteiger partial charge on any atom is 0 e. The van der Waals surface area contributed by atoms with Gasteiger partial charge in [-0.2, -0.15) is 6.42 Å². The van der Waals surface area contributed by atoms with Gasteiger partial charge in [-0.15, -0.1) is 0 Å². The second-order valence-corrected chi connectivity index (χ2v) is 1.68. The molecule has 0 atom stereocenters. The van der Waals surface area contributed by atoms with Gasteiger partial charge >= 0.3 is 0 Å². The van der Waals surface area contributed by atoms with Crippen molar-refractivity contribution >= 4 is 0 Å². The molecule has 0 aliphatic heterocycles. The van der Waals surface area contributed by atoms with Crippen LogP contribution in [-0.4, -0.2) is 0 Å². The van der Waals surface area contributed by atoms with Crippen LogP contribution in [0.15, 0.2) is 0 Å². The molecule has 0 spiro atoms. The molecule has 0 radical (unpaired) electrons. The van der Waals surface area contributed by atoms with Crippen molar-refractivity contribution < 1.29 is 37.3 Å². The van der Waals surface area contributed by atoms with Gasteiger partial charge in [0.1, 0.15) is 0 Å². The fourth-order valence-electron chi connectivity index (χ4n) is 0. The molecule has 0 aliphatic rings. The predicted octanol–water partition coefficient (Wildman–Crippen LogP) is 1.87. The summed E-state index contributed by atoms with van der Waals surface area (Å²) >= 11 is 0. The molecule has 0 bridgehead atoms. The average molecular weight is 238 g/mol. The molecular weight excluding hydrogens is 227 g/mol. The molecule has 0 unspecified atom stereocenters. The first-order chi connectivity index (χ1) is 2.27. The summed E-state index contributed by atoms with van der Waals surface area (Å²) in [6.45, 7) is 8.00. The minimum atomic E-state index is 0. The summed E-state index contributed by atoms with van der Waals surface area (Å²) in [5, 5.41) is 0. The van der Waals surface area contributed by atoms with Crippen LogP contribution in [0.25, 0.3) is 0 Å². The molecule has 0 amide bonds. The van der Waals surface area contributed by atoms with Crippen LogP contribution in [0.5, 0.6) is 0 Å². The fraction of sp³-hybridized carbons (Fsp3) is 0.800. The summed E-state index contributed by atoms with van der Waals surface area (Å²) in [4.78, 5) is 0. The van der Waals surface area contributed by atoms with Crippen LogP contribution in [0.1, 0.15) is 20.3 Å². The summed E-state index contributed by atoms with van der Waals surface area (Å²) in [7, 11) is 0. The van der Waals surface area contributed by atoms with Gasteiger partial charge in [0.05, 0.1) is 0 Å². The Bertz CT molecular complexity index is 17.9. The smallest absolute Gasteiger partial charge is 0 e. The minimum absolute atomic E-state index is 0. The maximum atomic E-state index is 3.69. The third-order valence-electron chi connectivity index (χ3n) is 0.577. The molecule has 0 aromatic heterocycles. The van der Waals surface area contributed by atoms with Crippen molar-refractivity contribution in [1.82, 2.24) is 0 Å². The summed E-state index contributed by atoms with van der Waals surface area (Å²) in [5.74, 6) is 0.773. The van der Waals surface area contributed by atoms with Crippen molar-refractivity contribution in [2.75, 3.05) is 0 Å². The van der Waals surface area contributed by atoms with Crippen LogP contribution < -0.4 is 0 Å². The van der Waals surface area contributed by atoms with E-state index >= 15 is 0 Å². The molecule has 0 aromatic carbocycles. The van der Waals surface area contributed by atoms with E-state index < -0.39 is 0 Å². The maximum absolute atomic E-state index is 3.69. The van der Waals surface area contributed by atoms with Gasteiger partial charge in [-0.25, -0.2) is 0 Å². The van der Waals surface area contributed by atoms with E-state index in [9.17, 15) is 0 Å². The third-order valence-corrected chi connectivity index (χ3v) is 0.577. The second kappa shape index (κ2) is 6.25. The Balaban J connectivity index is 0. The zero-order valence-corrected chi connectivity index (χ0v) is 6.13. The molecule has 0 aliphatic carbocycles. The van der Waals surface area contributed by atoms with Gasteiger partial charge in [0.25, 0.3) is 0 Å². The van der Waals surface area contributed by atoms with Crippen molar-refractivity contribution in [2.24, 2.45) is 5.92 Å². The van der Waals surface area contributed by atoms with E-state index in [1.165, 1.54) is 0 Å². The van der Waals surface area contributed by atoms with Gasteiger partial charge in [-0.05, 0) is 0 Å². The first-order valence-corrected chi connectivity index (χ1v) is 2.06. The average Bonchev–Trinajstić information content (AvgIpc) is 1.38. The van der Waals surface area contributed by atoms with Crippen LogP contribution in [-0.2, 0) is 0 Å². The van der Waals surface area contributed by atoms with E-state index in [-0.39, 0.29) is 37.3 Å². The Hall–Kier alpha value is 1.25. The van der Waals surface area contributed by atoms with Gasteiger partial charge in [-0.3, -0.25) is 0 Å². The van der Waals surface area contributed by atoms with Gasteiger partial charge < -0.3 is 6.92 Å². The van der Waals surface area contributed by atoms with Gasteiger partial charge in [0.15, 0.2) is 0 Å². The van der Waals surface area contributed by atoms with E-state index in [2.05, 4.69) is 20.8 Å². The van der Waals surface area contributed by atoms with Crippen LogP contribution in [0.3, 0.4) is 0 Å². The van der Waals surface area contributed by atoms with E-state index in [4.69, 9.17) is 0 Å². The molecular formula is C5H11Er-. The van der Waals surface area contributed by atoms with Crippen molar-refractivity contribution in [1.29, 1.82) is 0 Å². The third kappa shape index (κ3) is 8.98. The van der Waals surface area contributed by atoms with Crippen molar-refractivity contribution in [3.8, 4) is 0 Å². The summed E-state index contributed by atoms with van der Waals surface area (Å²) < 4.78 is 0. The largest absolute Gasteiger partial charge is 0.343 e. The van der Waals surface area contributed by atoms with E-state index in [0.29, 0.717) is 0 Å². The molecule has 0 fully saturated rings. The van der Waals surface area contributed by atoms with Gasteiger partial charge in [0.2, 0.25) is 0 Å². The molecule has 1 heteroatoms. The molecule has 44 valence electrons. The summed E-state index contributed by atoms with van der Waals surface area (Å²) in [6, 6.07) is 0. The minimum Gasteiger partial charge on any atom is -0.343 e. The SMILES string of the molecule is [CH2-]CC(C)C.[Er]. The zero-order chi connectivity index (χ0) is 4.28. The van der Waals surface area contributed by atoms with Crippen molar-refractivity contribution in [3.63, 3.8) is 0 Å². The molecule has 0 nitrogen and oxygen atoms in total. The summed E-state index contributed by atoms with van der Waals surface area (Å²) in [6.07, 6.45) is 1.06. The molecule has 6 heavy (non-hydrogen) atoms. The number of hydrogen-bond acceptors (Lipinski definition) is 0. The van der Waals surface area contributed by atoms with E-state index in [0.717, 1.165) is 12.3 Å². The topological polar surface area (TPSA) is 0 Å². The quantitative estimate of drug-likeness (QED) is 0.612. The Kier molecular flexibility index (Phi) is 10.7. The van der Waals surface area contributed by atoms with Gasteiger partial charge in [-0.1, -0.05) is 19.8 Å². The Morgan fingerprint density at radius 2 is 1.67 bits per heavy atom.